The summed E-state index contributed by atoms with van der Waals surface area (Å²) in [7, 11) is 0. The number of rotatable bonds is 4. The molecule has 2 N–H and O–H groups in total. The quantitative estimate of drug-likeness (QED) is 0.458. The molecular weight excluding hydrogens is 395 g/mol. The molecule has 0 spiro atoms. The summed E-state index contributed by atoms with van der Waals surface area (Å²) < 4.78 is 16.1. The molecule has 154 valence electrons. The minimum absolute atomic E-state index is 0.0664. The number of aryl methyl sites for hydroxylation is 1. The van der Waals surface area contributed by atoms with Gasteiger partial charge in [-0.25, -0.2) is 19.3 Å². The lowest BCUT2D eigenvalue weighted by Gasteiger charge is -2.21. The van der Waals surface area contributed by atoms with E-state index in [2.05, 4.69) is 25.3 Å². The standard InChI is InChI=1S/C23H19FN6O/c1-13-5-3-7-16(9-13)30-18(10-15-6-4-8-17(24)19(15)23(30)31)14(2)29-22-20-21(26-11-25-20)27-12-28-22/h3-12,14H,1-2H3,(H2,25,26,27,28,29)/t14-/m0/s1. The molecule has 2 aromatic carbocycles. The Labute approximate surface area is 176 Å². The van der Waals surface area contributed by atoms with Crippen LogP contribution < -0.4 is 10.9 Å². The van der Waals surface area contributed by atoms with Crippen molar-refractivity contribution in [2.24, 2.45) is 0 Å². The third-order valence-corrected chi connectivity index (χ3v) is 5.30. The number of pyridine rings is 1. The first kappa shape index (κ1) is 18.9. The monoisotopic (exact) mass is 414 g/mol. The van der Waals surface area contributed by atoms with Gasteiger partial charge in [-0.15, -0.1) is 0 Å². The van der Waals surface area contributed by atoms with Crippen LogP contribution in [-0.2, 0) is 0 Å². The Morgan fingerprint density at radius 2 is 1.94 bits per heavy atom. The van der Waals surface area contributed by atoms with E-state index in [0.717, 1.165) is 5.56 Å². The van der Waals surface area contributed by atoms with Crippen LogP contribution in [0.5, 0.6) is 0 Å². The number of aromatic amines is 1. The molecule has 5 aromatic rings. The Balaban J connectivity index is 1.72. The molecule has 3 heterocycles. The number of hydrogen-bond donors (Lipinski definition) is 2. The number of hydrogen-bond acceptors (Lipinski definition) is 5. The predicted octanol–water partition coefficient (Wildman–Crippen LogP) is 4.28. The third-order valence-electron chi connectivity index (χ3n) is 5.30. The van der Waals surface area contributed by atoms with Gasteiger partial charge in [-0.05, 0) is 49.1 Å². The smallest absolute Gasteiger partial charge is 0.266 e. The fourth-order valence-electron chi connectivity index (χ4n) is 3.84. The molecule has 0 amide bonds. The van der Waals surface area contributed by atoms with Crippen molar-refractivity contribution in [3.63, 3.8) is 0 Å². The van der Waals surface area contributed by atoms with Gasteiger partial charge in [0.25, 0.3) is 5.56 Å². The molecule has 5 rings (SSSR count). The van der Waals surface area contributed by atoms with E-state index in [1.807, 2.05) is 44.2 Å². The molecule has 0 bridgehead atoms. The molecule has 0 fully saturated rings. The highest BCUT2D eigenvalue weighted by molar-refractivity contribution is 5.84. The molecule has 0 aliphatic heterocycles. The van der Waals surface area contributed by atoms with Crippen molar-refractivity contribution in [2.45, 2.75) is 19.9 Å². The number of fused-ring (bicyclic) bond motifs is 2. The Hall–Kier alpha value is -4.07. The number of halogens is 1. The van der Waals surface area contributed by atoms with Crippen molar-refractivity contribution in [2.75, 3.05) is 5.32 Å². The fourth-order valence-corrected chi connectivity index (χ4v) is 3.84. The van der Waals surface area contributed by atoms with Gasteiger partial charge in [-0.2, -0.15) is 0 Å². The number of H-pyrrole nitrogens is 1. The van der Waals surface area contributed by atoms with Gasteiger partial charge in [-0.1, -0.05) is 24.3 Å². The number of benzene rings is 2. The lowest BCUT2D eigenvalue weighted by molar-refractivity contribution is 0.637. The van der Waals surface area contributed by atoms with Gasteiger partial charge >= 0.3 is 0 Å². The largest absolute Gasteiger partial charge is 0.360 e. The average Bonchev–Trinajstić information content (AvgIpc) is 3.23. The zero-order valence-corrected chi connectivity index (χ0v) is 16.9. The summed E-state index contributed by atoms with van der Waals surface area (Å²) in [6.07, 6.45) is 3.00. The number of aromatic nitrogens is 5. The highest BCUT2D eigenvalue weighted by Gasteiger charge is 2.19. The predicted molar refractivity (Wildman–Crippen MR) is 118 cm³/mol. The molecular formula is C23H19FN6O. The SMILES string of the molecule is Cc1cccc(-n2c([C@H](C)Nc3ncnc4[nH]cnc34)cc3cccc(F)c3c2=O)c1. The minimum atomic E-state index is -0.537. The van der Waals surface area contributed by atoms with Gasteiger partial charge in [-0.3, -0.25) is 9.36 Å². The highest BCUT2D eigenvalue weighted by atomic mass is 19.1. The van der Waals surface area contributed by atoms with E-state index in [0.29, 0.717) is 33.7 Å². The third kappa shape index (κ3) is 3.22. The molecule has 0 aliphatic rings. The summed E-state index contributed by atoms with van der Waals surface area (Å²) >= 11 is 0. The maximum atomic E-state index is 14.6. The van der Waals surface area contributed by atoms with Crippen molar-refractivity contribution in [1.82, 2.24) is 24.5 Å². The van der Waals surface area contributed by atoms with Gasteiger partial charge in [0.2, 0.25) is 0 Å². The van der Waals surface area contributed by atoms with Crippen molar-refractivity contribution >= 4 is 27.8 Å². The van der Waals surface area contributed by atoms with Crippen LogP contribution in [0.2, 0.25) is 0 Å². The van der Waals surface area contributed by atoms with E-state index in [4.69, 9.17) is 0 Å². The number of nitrogens with one attached hydrogen (secondary N) is 2. The van der Waals surface area contributed by atoms with Gasteiger partial charge in [0, 0.05) is 11.4 Å². The molecule has 1 atom stereocenters. The second-order valence-corrected chi connectivity index (χ2v) is 7.44. The van der Waals surface area contributed by atoms with Crippen LogP contribution in [0, 0.1) is 12.7 Å². The molecule has 0 unspecified atom stereocenters. The first-order chi connectivity index (χ1) is 15.0. The second-order valence-electron chi connectivity index (χ2n) is 7.44. The van der Waals surface area contributed by atoms with Crippen LogP contribution in [0.15, 0.2) is 66.0 Å². The Kier molecular flexibility index (Phi) is 4.47. The molecule has 0 saturated heterocycles. The van der Waals surface area contributed by atoms with Crippen LogP contribution in [-0.4, -0.2) is 24.5 Å². The summed E-state index contributed by atoms with van der Waals surface area (Å²) in [4.78, 5) is 29.2. The van der Waals surface area contributed by atoms with Crippen molar-refractivity contribution in [1.29, 1.82) is 0 Å². The fraction of sp³-hybridized carbons (Fsp3) is 0.130. The topological polar surface area (TPSA) is 88.5 Å². The van der Waals surface area contributed by atoms with Gasteiger partial charge in [0.05, 0.1) is 17.8 Å². The zero-order chi connectivity index (χ0) is 21.5. The maximum Gasteiger partial charge on any atom is 0.266 e. The van der Waals surface area contributed by atoms with Crippen LogP contribution in [0.3, 0.4) is 0 Å². The van der Waals surface area contributed by atoms with E-state index < -0.39 is 11.4 Å². The van der Waals surface area contributed by atoms with E-state index in [1.54, 1.807) is 23.0 Å². The first-order valence-electron chi connectivity index (χ1n) is 9.85. The number of imidazole rings is 1. The molecule has 7 nitrogen and oxygen atoms in total. The molecule has 0 saturated carbocycles. The average molecular weight is 414 g/mol. The zero-order valence-electron chi connectivity index (χ0n) is 16.9. The van der Waals surface area contributed by atoms with E-state index >= 15 is 0 Å². The van der Waals surface area contributed by atoms with Crippen LogP contribution in [0.25, 0.3) is 27.6 Å². The second kappa shape index (κ2) is 7.32. The summed E-state index contributed by atoms with van der Waals surface area (Å²) in [5.74, 6) is 0.00595. The molecule has 31 heavy (non-hydrogen) atoms. The summed E-state index contributed by atoms with van der Waals surface area (Å²) in [6.45, 7) is 3.87. The van der Waals surface area contributed by atoms with Crippen LogP contribution in [0.4, 0.5) is 10.2 Å². The van der Waals surface area contributed by atoms with E-state index in [1.165, 1.54) is 12.4 Å². The summed E-state index contributed by atoms with van der Waals surface area (Å²) in [5, 5.41) is 3.94. The summed E-state index contributed by atoms with van der Waals surface area (Å²) in [6, 6.07) is 13.7. The Morgan fingerprint density at radius 1 is 1.10 bits per heavy atom. The number of nitrogens with zero attached hydrogens (tertiary/aromatic N) is 4. The molecule has 3 aromatic heterocycles. The normalized spacial score (nSPS) is 12.4. The van der Waals surface area contributed by atoms with Crippen molar-refractivity contribution in [3.05, 3.63) is 88.6 Å². The first-order valence-corrected chi connectivity index (χ1v) is 9.85. The van der Waals surface area contributed by atoms with Crippen molar-refractivity contribution in [3.8, 4) is 5.69 Å². The van der Waals surface area contributed by atoms with Gasteiger partial charge < -0.3 is 10.3 Å². The Bertz CT molecular complexity index is 1490. The molecule has 8 heteroatoms. The highest BCUT2D eigenvalue weighted by Crippen LogP contribution is 2.26. The maximum absolute atomic E-state index is 14.6. The van der Waals surface area contributed by atoms with E-state index in [-0.39, 0.29) is 11.4 Å². The van der Waals surface area contributed by atoms with E-state index in [9.17, 15) is 9.18 Å². The van der Waals surface area contributed by atoms with Gasteiger partial charge in [0.1, 0.15) is 17.7 Å². The van der Waals surface area contributed by atoms with Crippen LogP contribution in [0.1, 0.15) is 24.2 Å². The lowest BCUT2D eigenvalue weighted by Crippen LogP contribution is -2.26. The molecule has 0 radical (unpaired) electrons. The Morgan fingerprint density at radius 3 is 2.77 bits per heavy atom. The van der Waals surface area contributed by atoms with Gasteiger partial charge in [0.15, 0.2) is 11.5 Å². The van der Waals surface area contributed by atoms with Crippen LogP contribution >= 0.6 is 0 Å². The van der Waals surface area contributed by atoms with Crippen molar-refractivity contribution < 1.29 is 4.39 Å². The lowest BCUT2D eigenvalue weighted by atomic mass is 10.1. The summed E-state index contributed by atoms with van der Waals surface area (Å²) in [5.41, 5.74) is 3.16. The number of anilines is 1. The minimum Gasteiger partial charge on any atom is -0.360 e. The molecule has 0 aliphatic carbocycles.